The van der Waals surface area contributed by atoms with Crippen molar-refractivity contribution < 1.29 is 18.7 Å². The smallest absolute Gasteiger partial charge is 0.226 e. The van der Waals surface area contributed by atoms with Crippen molar-refractivity contribution in [2.45, 2.75) is 51.2 Å². The Bertz CT molecular complexity index is 922. The van der Waals surface area contributed by atoms with Crippen LogP contribution in [0, 0.1) is 11.7 Å². The number of piperidine rings is 1. The van der Waals surface area contributed by atoms with Gasteiger partial charge in [-0.2, -0.15) is 0 Å². The summed E-state index contributed by atoms with van der Waals surface area (Å²) < 4.78 is 19.5. The number of aryl methyl sites for hydroxylation is 1. The zero-order chi connectivity index (χ0) is 23.0. The number of carbonyl (C=O) groups is 2. The zero-order valence-corrected chi connectivity index (χ0v) is 19.1. The van der Waals surface area contributed by atoms with E-state index < -0.39 is 0 Å². The van der Waals surface area contributed by atoms with Crippen LogP contribution in [0.3, 0.4) is 0 Å². The normalized spacial score (nSPS) is 18.9. The van der Waals surface area contributed by atoms with E-state index >= 15 is 0 Å². The molecule has 33 heavy (non-hydrogen) atoms. The molecule has 5 nitrogen and oxygen atoms in total. The number of benzene rings is 2. The Balaban J connectivity index is 1.32. The fourth-order valence-electron chi connectivity index (χ4n) is 4.81. The fourth-order valence-corrected chi connectivity index (χ4v) is 4.81. The first kappa shape index (κ1) is 23.4. The maximum Gasteiger partial charge on any atom is 0.226 e. The minimum Gasteiger partial charge on any atom is -0.376 e. The quantitative estimate of drug-likeness (QED) is 0.603. The van der Waals surface area contributed by atoms with Crippen LogP contribution in [-0.4, -0.2) is 54.0 Å². The van der Waals surface area contributed by atoms with Gasteiger partial charge in [-0.1, -0.05) is 42.5 Å². The van der Waals surface area contributed by atoms with E-state index in [1.807, 2.05) is 46.2 Å². The second-order valence-electron chi connectivity index (χ2n) is 9.12. The summed E-state index contributed by atoms with van der Waals surface area (Å²) >= 11 is 0. The summed E-state index contributed by atoms with van der Waals surface area (Å²) in [5.74, 6) is -0.163. The number of hydrogen-bond acceptors (Lipinski definition) is 3. The molecule has 0 bridgehead atoms. The van der Waals surface area contributed by atoms with Gasteiger partial charge in [0.25, 0.3) is 0 Å². The van der Waals surface area contributed by atoms with Gasteiger partial charge in [-0.3, -0.25) is 9.59 Å². The molecule has 0 saturated carbocycles. The number of likely N-dealkylation sites (tertiary alicyclic amines) is 1. The Kier molecular flexibility index (Phi) is 8.10. The SMILES string of the molecule is O=C(CCc1ccccc1)N1CCC(C(=O)N(Cc2cccc(F)c2)CC2CCCO2)CC1. The summed E-state index contributed by atoms with van der Waals surface area (Å²) in [7, 11) is 0. The molecule has 0 radical (unpaired) electrons. The second kappa shape index (κ2) is 11.4. The van der Waals surface area contributed by atoms with E-state index in [4.69, 9.17) is 4.74 Å². The standard InChI is InChI=1S/C27H33FN2O3/c28-24-9-4-8-22(18-24)19-30(20-25-10-5-17-33-25)27(32)23-13-15-29(16-14-23)26(31)12-11-21-6-2-1-3-7-21/h1-4,6-9,18,23,25H,5,10-17,19-20H2. The molecule has 0 aliphatic carbocycles. The molecule has 1 atom stereocenters. The van der Waals surface area contributed by atoms with Crippen molar-refractivity contribution in [3.8, 4) is 0 Å². The molecule has 1 unspecified atom stereocenters. The molecule has 0 aromatic heterocycles. The molecule has 2 amide bonds. The van der Waals surface area contributed by atoms with Crippen LogP contribution < -0.4 is 0 Å². The van der Waals surface area contributed by atoms with E-state index in [9.17, 15) is 14.0 Å². The summed E-state index contributed by atoms with van der Waals surface area (Å²) in [6.45, 7) is 2.86. The summed E-state index contributed by atoms with van der Waals surface area (Å²) in [4.78, 5) is 29.8. The van der Waals surface area contributed by atoms with Crippen molar-refractivity contribution in [2.75, 3.05) is 26.2 Å². The van der Waals surface area contributed by atoms with Gasteiger partial charge in [0.05, 0.1) is 6.10 Å². The molecule has 2 aliphatic heterocycles. The van der Waals surface area contributed by atoms with E-state index in [1.165, 1.54) is 12.1 Å². The van der Waals surface area contributed by atoms with E-state index in [-0.39, 0.29) is 29.7 Å². The predicted molar refractivity (Wildman–Crippen MR) is 125 cm³/mol. The van der Waals surface area contributed by atoms with Gasteiger partial charge in [-0.15, -0.1) is 0 Å². The molecule has 4 rings (SSSR count). The lowest BCUT2D eigenvalue weighted by molar-refractivity contribution is -0.142. The van der Waals surface area contributed by atoms with E-state index in [0.29, 0.717) is 45.4 Å². The summed E-state index contributed by atoms with van der Waals surface area (Å²) in [6, 6.07) is 16.5. The van der Waals surface area contributed by atoms with Crippen molar-refractivity contribution in [1.29, 1.82) is 0 Å². The van der Waals surface area contributed by atoms with Gasteiger partial charge >= 0.3 is 0 Å². The third-order valence-corrected chi connectivity index (χ3v) is 6.69. The van der Waals surface area contributed by atoms with E-state index in [1.54, 1.807) is 6.07 Å². The lowest BCUT2D eigenvalue weighted by Crippen LogP contribution is -2.46. The molecule has 2 saturated heterocycles. The maximum absolute atomic E-state index is 13.7. The number of hydrogen-bond donors (Lipinski definition) is 0. The third-order valence-electron chi connectivity index (χ3n) is 6.69. The average molecular weight is 453 g/mol. The largest absolute Gasteiger partial charge is 0.376 e. The summed E-state index contributed by atoms with van der Waals surface area (Å²) in [5, 5.41) is 0. The van der Waals surface area contributed by atoms with Crippen LogP contribution in [0.4, 0.5) is 4.39 Å². The second-order valence-corrected chi connectivity index (χ2v) is 9.12. The highest BCUT2D eigenvalue weighted by molar-refractivity contribution is 5.80. The first-order valence-corrected chi connectivity index (χ1v) is 12.0. The van der Waals surface area contributed by atoms with Crippen LogP contribution in [0.1, 0.15) is 43.2 Å². The van der Waals surface area contributed by atoms with Crippen molar-refractivity contribution in [1.82, 2.24) is 9.80 Å². The van der Waals surface area contributed by atoms with Gasteiger partial charge in [0.15, 0.2) is 0 Å². The van der Waals surface area contributed by atoms with Crippen LogP contribution in [0.15, 0.2) is 54.6 Å². The Morgan fingerprint density at radius 1 is 1.00 bits per heavy atom. The van der Waals surface area contributed by atoms with Crippen LogP contribution in [0.2, 0.25) is 0 Å². The Labute approximate surface area is 195 Å². The number of ether oxygens (including phenoxy) is 1. The van der Waals surface area contributed by atoms with Crippen molar-refractivity contribution in [2.24, 2.45) is 5.92 Å². The average Bonchev–Trinajstić information content (AvgIpc) is 3.36. The van der Waals surface area contributed by atoms with Crippen LogP contribution in [0.25, 0.3) is 0 Å². The molecule has 0 N–H and O–H groups in total. The minimum atomic E-state index is -0.292. The molecular weight excluding hydrogens is 419 g/mol. The molecular formula is C27H33FN2O3. The van der Waals surface area contributed by atoms with Gasteiger partial charge in [0.2, 0.25) is 11.8 Å². The van der Waals surface area contributed by atoms with E-state index in [2.05, 4.69) is 0 Å². The monoisotopic (exact) mass is 452 g/mol. The van der Waals surface area contributed by atoms with Crippen LogP contribution in [0.5, 0.6) is 0 Å². The Morgan fingerprint density at radius 2 is 1.76 bits per heavy atom. The van der Waals surface area contributed by atoms with Gasteiger partial charge < -0.3 is 14.5 Å². The summed E-state index contributed by atoms with van der Waals surface area (Å²) in [5.41, 5.74) is 1.95. The third kappa shape index (κ3) is 6.64. The van der Waals surface area contributed by atoms with Gasteiger partial charge in [-0.25, -0.2) is 4.39 Å². The number of halogens is 1. The Hall–Kier alpha value is -2.73. The number of rotatable bonds is 8. The molecule has 2 heterocycles. The fraction of sp³-hybridized carbons (Fsp3) is 0.481. The minimum absolute atomic E-state index is 0.0437. The lowest BCUT2D eigenvalue weighted by atomic mass is 9.94. The van der Waals surface area contributed by atoms with Crippen molar-refractivity contribution in [3.63, 3.8) is 0 Å². The van der Waals surface area contributed by atoms with E-state index in [0.717, 1.165) is 37.0 Å². The number of carbonyl (C=O) groups excluding carboxylic acids is 2. The zero-order valence-electron chi connectivity index (χ0n) is 19.1. The molecule has 2 fully saturated rings. The van der Waals surface area contributed by atoms with Crippen molar-refractivity contribution >= 4 is 11.8 Å². The molecule has 6 heteroatoms. The highest BCUT2D eigenvalue weighted by Gasteiger charge is 2.32. The first-order valence-electron chi connectivity index (χ1n) is 12.0. The number of nitrogens with zero attached hydrogens (tertiary/aromatic N) is 2. The molecule has 2 aliphatic rings. The molecule has 176 valence electrons. The Morgan fingerprint density at radius 3 is 2.45 bits per heavy atom. The lowest BCUT2D eigenvalue weighted by Gasteiger charge is -2.35. The highest BCUT2D eigenvalue weighted by Crippen LogP contribution is 2.24. The molecule has 2 aromatic rings. The summed E-state index contributed by atoms with van der Waals surface area (Å²) in [6.07, 6.45) is 4.57. The highest BCUT2D eigenvalue weighted by atomic mass is 19.1. The molecule has 0 spiro atoms. The predicted octanol–water partition coefficient (Wildman–Crippen LogP) is 4.20. The van der Waals surface area contributed by atoms with Gasteiger partial charge in [0.1, 0.15) is 5.82 Å². The van der Waals surface area contributed by atoms with Crippen LogP contribution in [-0.2, 0) is 27.3 Å². The van der Waals surface area contributed by atoms with Crippen LogP contribution >= 0.6 is 0 Å². The van der Waals surface area contributed by atoms with Gasteiger partial charge in [0, 0.05) is 45.1 Å². The van der Waals surface area contributed by atoms with Crippen molar-refractivity contribution in [3.05, 3.63) is 71.5 Å². The molecule has 2 aromatic carbocycles. The van der Waals surface area contributed by atoms with Gasteiger partial charge in [-0.05, 0) is 55.4 Å². The first-order chi connectivity index (χ1) is 16.1. The topological polar surface area (TPSA) is 49.9 Å². The maximum atomic E-state index is 13.7. The number of amides is 2.